The minimum atomic E-state index is -0.0294. The van der Waals surface area contributed by atoms with Crippen LogP contribution in [0.25, 0.3) is 0 Å². The number of thiazole rings is 1. The molecule has 1 aromatic heterocycles. The molecule has 18 heavy (non-hydrogen) atoms. The molecule has 1 saturated carbocycles. The molecule has 1 fully saturated rings. The summed E-state index contributed by atoms with van der Waals surface area (Å²) in [4.78, 5) is 16.1. The highest BCUT2D eigenvalue weighted by molar-refractivity contribution is 9.09. The molecular formula is C13H19BrN2OS. The van der Waals surface area contributed by atoms with Crippen LogP contribution in [0.4, 0.5) is 0 Å². The lowest BCUT2D eigenvalue weighted by Crippen LogP contribution is -2.35. The Kier molecular flexibility index (Phi) is 5.18. The van der Waals surface area contributed by atoms with Gasteiger partial charge in [-0.3, -0.25) is 4.79 Å². The summed E-state index contributed by atoms with van der Waals surface area (Å²) >= 11 is 5.10. The van der Waals surface area contributed by atoms with Gasteiger partial charge in [0.1, 0.15) is 5.69 Å². The lowest BCUT2D eigenvalue weighted by atomic mass is 9.80. The van der Waals surface area contributed by atoms with Crippen LogP contribution < -0.4 is 5.32 Å². The minimum absolute atomic E-state index is 0.0294. The van der Waals surface area contributed by atoms with Gasteiger partial charge in [0.25, 0.3) is 5.91 Å². The second-order valence-electron chi connectivity index (χ2n) is 4.92. The van der Waals surface area contributed by atoms with Crippen LogP contribution in [0.5, 0.6) is 0 Å². The number of hydrogen-bond donors (Lipinski definition) is 1. The number of carbonyl (C=O) groups is 1. The van der Waals surface area contributed by atoms with E-state index in [2.05, 4.69) is 26.2 Å². The largest absolute Gasteiger partial charge is 0.350 e. The van der Waals surface area contributed by atoms with Crippen molar-refractivity contribution in [2.45, 2.75) is 32.6 Å². The van der Waals surface area contributed by atoms with Crippen LogP contribution in [0.2, 0.25) is 0 Å². The first kappa shape index (κ1) is 14.0. The van der Waals surface area contributed by atoms with Crippen molar-refractivity contribution in [3.8, 4) is 0 Å². The van der Waals surface area contributed by atoms with E-state index in [9.17, 15) is 4.79 Å². The van der Waals surface area contributed by atoms with Crippen molar-refractivity contribution >= 4 is 33.2 Å². The van der Waals surface area contributed by atoms with Crippen molar-refractivity contribution in [1.82, 2.24) is 10.3 Å². The number of amides is 1. The van der Waals surface area contributed by atoms with Gasteiger partial charge in [0.15, 0.2) is 0 Å². The average Bonchev–Trinajstić information content (AvgIpc) is 2.83. The van der Waals surface area contributed by atoms with E-state index in [1.165, 1.54) is 37.0 Å². The van der Waals surface area contributed by atoms with Crippen molar-refractivity contribution in [1.29, 1.82) is 0 Å². The van der Waals surface area contributed by atoms with Crippen molar-refractivity contribution in [2.75, 3.05) is 11.9 Å². The number of aryl methyl sites for hydroxylation is 1. The van der Waals surface area contributed by atoms with Crippen LogP contribution in [0.1, 0.15) is 41.2 Å². The molecule has 2 unspecified atom stereocenters. The van der Waals surface area contributed by atoms with E-state index in [-0.39, 0.29) is 5.91 Å². The predicted molar refractivity (Wildman–Crippen MR) is 78.4 cm³/mol. The number of carbonyl (C=O) groups excluding carboxylic acids is 1. The van der Waals surface area contributed by atoms with Crippen LogP contribution in [-0.4, -0.2) is 22.8 Å². The first-order valence-corrected chi connectivity index (χ1v) is 8.47. The number of nitrogens with one attached hydrogen (secondary N) is 1. The molecule has 2 rings (SSSR count). The number of nitrogens with zero attached hydrogens (tertiary/aromatic N) is 1. The van der Waals surface area contributed by atoms with Gasteiger partial charge < -0.3 is 5.32 Å². The lowest BCUT2D eigenvalue weighted by molar-refractivity contribution is 0.0932. The number of aromatic nitrogens is 1. The summed E-state index contributed by atoms with van der Waals surface area (Å²) < 4.78 is 0. The molecule has 1 amide bonds. The molecule has 3 nitrogen and oxygen atoms in total. The maximum Gasteiger partial charge on any atom is 0.270 e. The quantitative estimate of drug-likeness (QED) is 0.860. The number of hydrogen-bond acceptors (Lipinski definition) is 3. The van der Waals surface area contributed by atoms with Gasteiger partial charge in [-0.1, -0.05) is 28.8 Å². The van der Waals surface area contributed by atoms with Crippen LogP contribution in [0.15, 0.2) is 5.38 Å². The van der Waals surface area contributed by atoms with Crippen LogP contribution in [0, 0.1) is 18.8 Å². The highest BCUT2D eigenvalue weighted by Gasteiger charge is 2.24. The second kappa shape index (κ2) is 6.66. The van der Waals surface area contributed by atoms with E-state index in [1.54, 1.807) is 0 Å². The van der Waals surface area contributed by atoms with E-state index in [0.29, 0.717) is 17.5 Å². The lowest BCUT2D eigenvalue weighted by Gasteiger charge is -2.30. The molecule has 1 N–H and O–H groups in total. The number of halogens is 1. The Morgan fingerprint density at radius 2 is 2.22 bits per heavy atom. The van der Waals surface area contributed by atoms with E-state index < -0.39 is 0 Å². The van der Waals surface area contributed by atoms with E-state index in [0.717, 1.165) is 16.9 Å². The summed E-state index contributed by atoms with van der Waals surface area (Å²) in [5.41, 5.74) is 0.559. The van der Waals surface area contributed by atoms with Gasteiger partial charge in [0.05, 0.1) is 5.01 Å². The fourth-order valence-corrected chi connectivity index (χ4v) is 3.98. The third-order valence-corrected chi connectivity index (χ3v) is 5.25. The maximum atomic E-state index is 11.9. The Morgan fingerprint density at radius 3 is 2.83 bits per heavy atom. The van der Waals surface area contributed by atoms with Crippen LogP contribution in [-0.2, 0) is 0 Å². The first-order valence-electron chi connectivity index (χ1n) is 6.47. The third kappa shape index (κ3) is 3.54. The zero-order valence-corrected chi connectivity index (χ0v) is 13.0. The monoisotopic (exact) mass is 330 g/mol. The molecule has 1 aliphatic carbocycles. The van der Waals surface area contributed by atoms with Crippen molar-refractivity contribution in [3.63, 3.8) is 0 Å². The summed E-state index contributed by atoms with van der Waals surface area (Å²) in [6.45, 7) is 2.70. The van der Waals surface area contributed by atoms with Gasteiger partial charge in [-0.2, -0.15) is 0 Å². The summed E-state index contributed by atoms with van der Waals surface area (Å²) in [5, 5.41) is 6.84. The van der Waals surface area contributed by atoms with Crippen LogP contribution >= 0.6 is 27.3 Å². The van der Waals surface area contributed by atoms with E-state index in [4.69, 9.17) is 0 Å². The molecule has 0 radical (unpaired) electrons. The third-order valence-electron chi connectivity index (χ3n) is 3.64. The standard InChI is InChI=1S/C13H19BrN2OS/c1-9-16-12(8-18-9)13(17)15-7-11-5-3-2-4-10(11)6-14/h8,10-11H,2-7H2,1H3,(H,15,17). The van der Waals surface area contributed by atoms with Crippen molar-refractivity contribution in [3.05, 3.63) is 16.1 Å². The Balaban J connectivity index is 1.85. The van der Waals surface area contributed by atoms with E-state index in [1.807, 2.05) is 12.3 Å². The molecule has 1 heterocycles. The number of rotatable bonds is 4. The summed E-state index contributed by atoms with van der Waals surface area (Å²) in [7, 11) is 0. The molecule has 0 aliphatic heterocycles. The Bertz CT molecular complexity index is 407. The molecule has 0 saturated heterocycles. The van der Waals surface area contributed by atoms with Crippen molar-refractivity contribution in [2.24, 2.45) is 11.8 Å². The fraction of sp³-hybridized carbons (Fsp3) is 0.692. The zero-order chi connectivity index (χ0) is 13.0. The molecule has 0 aromatic carbocycles. The predicted octanol–water partition coefficient (Wildman–Crippen LogP) is 3.38. The smallest absolute Gasteiger partial charge is 0.270 e. The van der Waals surface area contributed by atoms with E-state index >= 15 is 0 Å². The fourth-order valence-electron chi connectivity index (χ4n) is 2.54. The molecule has 0 bridgehead atoms. The van der Waals surface area contributed by atoms with Gasteiger partial charge in [-0.15, -0.1) is 11.3 Å². The molecule has 0 spiro atoms. The first-order chi connectivity index (χ1) is 8.70. The molecule has 5 heteroatoms. The molecule has 100 valence electrons. The highest BCUT2D eigenvalue weighted by atomic mass is 79.9. The van der Waals surface area contributed by atoms with Gasteiger partial charge >= 0.3 is 0 Å². The minimum Gasteiger partial charge on any atom is -0.350 e. The maximum absolute atomic E-state index is 11.9. The second-order valence-corrected chi connectivity index (χ2v) is 6.63. The normalized spacial score (nSPS) is 23.9. The average molecular weight is 331 g/mol. The summed E-state index contributed by atoms with van der Waals surface area (Å²) in [6, 6.07) is 0. The van der Waals surface area contributed by atoms with Gasteiger partial charge in [-0.05, 0) is 31.6 Å². The molecule has 1 aromatic rings. The van der Waals surface area contributed by atoms with Crippen LogP contribution in [0.3, 0.4) is 0 Å². The van der Waals surface area contributed by atoms with Gasteiger partial charge in [-0.25, -0.2) is 4.98 Å². The zero-order valence-electron chi connectivity index (χ0n) is 10.6. The SMILES string of the molecule is Cc1nc(C(=O)NCC2CCCCC2CBr)cs1. The Hall–Kier alpha value is -0.420. The topological polar surface area (TPSA) is 42.0 Å². The molecular weight excluding hydrogens is 312 g/mol. The molecule has 1 aliphatic rings. The highest BCUT2D eigenvalue weighted by Crippen LogP contribution is 2.30. The Labute approximate surface area is 121 Å². The Morgan fingerprint density at radius 1 is 1.50 bits per heavy atom. The number of alkyl halides is 1. The van der Waals surface area contributed by atoms with Gasteiger partial charge in [0.2, 0.25) is 0 Å². The summed E-state index contributed by atoms with van der Waals surface area (Å²) in [5.74, 6) is 1.29. The van der Waals surface area contributed by atoms with Crippen molar-refractivity contribution < 1.29 is 4.79 Å². The summed E-state index contributed by atoms with van der Waals surface area (Å²) in [6.07, 6.45) is 5.13. The van der Waals surface area contributed by atoms with Gasteiger partial charge in [0, 0.05) is 17.3 Å². The molecule has 2 atom stereocenters.